The Morgan fingerprint density at radius 1 is 1.20 bits per heavy atom. The number of nitrogens with one attached hydrogen (secondary N) is 1. The van der Waals surface area contributed by atoms with Crippen molar-refractivity contribution in [3.8, 4) is 5.75 Å². The molecule has 3 aromatic rings. The maximum absolute atomic E-state index is 14.0. The second-order valence-corrected chi connectivity index (χ2v) is 13.5. The number of nitrogen functional groups attached to an aromatic ring is 1. The molecule has 1 aliphatic carbocycles. The fraction of sp³-hybridized carbons (Fsp3) is 0.636. The third-order valence-corrected chi connectivity index (χ3v) is 8.71. The number of anilines is 2. The molecule has 0 bridgehead atoms. The quantitative estimate of drug-likeness (QED) is 0.158. The predicted molar refractivity (Wildman–Crippen MR) is 179 cm³/mol. The van der Waals surface area contributed by atoms with Gasteiger partial charge < -0.3 is 36.9 Å². The highest BCUT2D eigenvalue weighted by molar-refractivity contribution is 5.86. The van der Waals surface area contributed by atoms with E-state index in [9.17, 15) is 4.79 Å². The van der Waals surface area contributed by atoms with Gasteiger partial charge in [-0.25, -0.2) is 4.98 Å². The third-order valence-electron chi connectivity index (χ3n) is 8.71. The molecule has 7 N–H and O–H groups in total. The van der Waals surface area contributed by atoms with Gasteiger partial charge in [0, 0.05) is 30.2 Å². The van der Waals surface area contributed by atoms with Crippen molar-refractivity contribution in [3.63, 3.8) is 0 Å². The zero-order chi connectivity index (χ0) is 32.8. The molecule has 0 spiro atoms. The van der Waals surface area contributed by atoms with Gasteiger partial charge in [0.15, 0.2) is 11.3 Å². The van der Waals surface area contributed by atoms with Gasteiger partial charge in [-0.05, 0) is 70.5 Å². The smallest absolute Gasteiger partial charge is 0.228 e. The predicted octanol–water partition coefficient (Wildman–Crippen LogP) is 4.40. The van der Waals surface area contributed by atoms with E-state index < -0.39 is 5.41 Å². The van der Waals surface area contributed by atoms with Crippen molar-refractivity contribution in [2.24, 2.45) is 16.9 Å². The number of carbonyl (C=O) groups is 1. The van der Waals surface area contributed by atoms with E-state index >= 15 is 0 Å². The summed E-state index contributed by atoms with van der Waals surface area (Å²) < 4.78 is 13.7. The highest BCUT2D eigenvalue weighted by Crippen LogP contribution is 2.34. The summed E-state index contributed by atoms with van der Waals surface area (Å²) in [6.07, 6.45) is 7.92. The minimum Gasteiger partial charge on any atom is -0.496 e. The van der Waals surface area contributed by atoms with Crippen LogP contribution in [0.4, 0.5) is 11.8 Å². The minimum atomic E-state index is -0.555. The summed E-state index contributed by atoms with van der Waals surface area (Å²) in [4.78, 5) is 24.7. The van der Waals surface area contributed by atoms with Crippen LogP contribution >= 0.6 is 0 Å². The zero-order valence-corrected chi connectivity index (χ0v) is 27.9. The normalized spacial score (nSPS) is 14.8. The van der Waals surface area contributed by atoms with Crippen LogP contribution in [0.5, 0.6) is 5.75 Å². The Balaban J connectivity index is 1.49. The van der Waals surface area contributed by atoms with Crippen LogP contribution in [-0.2, 0) is 22.6 Å². The van der Waals surface area contributed by atoms with Gasteiger partial charge in [0.1, 0.15) is 11.3 Å². The van der Waals surface area contributed by atoms with Gasteiger partial charge in [-0.3, -0.25) is 9.48 Å². The van der Waals surface area contributed by atoms with Crippen molar-refractivity contribution in [2.75, 3.05) is 31.3 Å². The molecular formula is C33H53N9O3. The second kappa shape index (κ2) is 14.7. The number of benzene rings is 1. The molecule has 1 saturated carbocycles. The minimum absolute atomic E-state index is 0.155. The van der Waals surface area contributed by atoms with E-state index in [-0.39, 0.29) is 29.7 Å². The summed E-state index contributed by atoms with van der Waals surface area (Å²) in [5.74, 6) is 1.57. The average molecular weight is 624 g/mol. The Kier molecular flexibility index (Phi) is 11.3. The van der Waals surface area contributed by atoms with E-state index in [1.807, 2.05) is 46.0 Å². The van der Waals surface area contributed by atoms with Crippen LogP contribution in [0.3, 0.4) is 0 Å². The van der Waals surface area contributed by atoms with Gasteiger partial charge in [0.25, 0.3) is 0 Å². The average Bonchev–Trinajstić information content (AvgIpc) is 3.34. The summed E-state index contributed by atoms with van der Waals surface area (Å²) in [7, 11) is 1.66. The van der Waals surface area contributed by atoms with Gasteiger partial charge in [-0.2, -0.15) is 10.1 Å². The molecular weight excluding hydrogens is 570 g/mol. The molecule has 1 atom stereocenters. The molecule has 12 heteroatoms. The van der Waals surface area contributed by atoms with Crippen molar-refractivity contribution in [1.82, 2.24) is 24.6 Å². The number of aromatic nitrogens is 4. The number of amides is 1. The van der Waals surface area contributed by atoms with E-state index in [0.29, 0.717) is 49.5 Å². The number of carbonyl (C=O) groups excluding carboxylic acids is 1. The van der Waals surface area contributed by atoms with Gasteiger partial charge in [0.2, 0.25) is 11.9 Å². The van der Waals surface area contributed by atoms with Crippen LogP contribution < -0.4 is 27.3 Å². The third kappa shape index (κ3) is 8.83. The molecule has 0 saturated heterocycles. The van der Waals surface area contributed by atoms with Crippen LogP contribution in [0.15, 0.2) is 24.4 Å². The van der Waals surface area contributed by atoms with E-state index in [4.69, 9.17) is 31.8 Å². The van der Waals surface area contributed by atoms with Gasteiger partial charge in [0.05, 0.1) is 31.6 Å². The van der Waals surface area contributed by atoms with Crippen molar-refractivity contribution in [3.05, 3.63) is 35.5 Å². The molecule has 1 amide bonds. The largest absolute Gasteiger partial charge is 0.496 e. The number of nitrogens with two attached hydrogens (primary N) is 3. The lowest BCUT2D eigenvalue weighted by Crippen LogP contribution is -2.49. The van der Waals surface area contributed by atoms with Crippen molar-refractivity contribution in [1.29, 1.82) is 0 Å². The molecule has 248 valence electrons. The first-order valence-corrected chi connectivity index (χ1v) is 16.2. The van der Waals surface area contributed by atoms with Crippen LogP contribution in [0.25, 0.3) is 11.0 Å². The second-order valence-electron chi connectivity index (χ2n) is 13.5. The molecule has 1 aliphatic rings. The van der Waals surface area contributed by atoms with E-state index in [2.05, 4.69) is 33.2 Å². The summed E-state index contributed by atoms with van der Waals surface area (Å²) >= 11 is 0. The number of nitrogens with zero attached hydrogens (tertiary/aromatic N) is 5. The lowest BCUT2D eigenvalue weighted by Gasteiger charge is -2.42. The van der Waals surface area contributed by atoms with E-state index in [1.54, 1.807) is 11.8 Å². The van der Waals surface area contributed by atoms with Gasteiger partial charge in [-0.1, -0.05) is 39.3 Å². The SMILES string of the molecule is CCCC(N)Nc1nc(N)nc2cn(Cc3ccc(CN(C(=O)C(C)(C)CCOC(C)(C)CCN)C4CCC4)cc3OC)nc12. The molecule has 2 heterocycles. The van der Waals surface area contributed by atoms with Crippen LogP contribution in [0.1, 0.15) is 90.7 Å². The molecule has 1 fully saturated rings. The molecule has 0 radical (unpaired) electrons. The van der Waals surface area contributed by atoms with Gasteiger partial charge in [-0.15, -0.1) is 0 Å². The molecule has 2 aromatic heterocycles. The first-order valence-electron chi connectivity index (χ1n) is 16.2. The zero-order valence-electron chi connectivity index (χ0n) is 27.9. The number of hydrogen-bond acceptors (Lipinski definition) is 10. The number of methoxy groups -OCH3 is 1. The first-order chi connectivity index (χ1) is 21.4. The molecule has 1 unspecified atom stereocenters. The summed E-state index contributed by atoms with van der Waals surface area (Å²) in [6.45, 7) is 12.3. The van der Waals surface area contributed by atoms with E-state index in [1.165, 1.54) is 0 Å². The first kappa shape index (κ1) is 34.4. The van der Waals surface area contributed by atoms with Crippen molar-refractivity contribution in [2.45, 2.75) is 110 Å². The number of ether oxygens (including phenoxy) is 2. The van der Waals surface area contributed by atoms with E-state index in [0.717, 1.165) is 55.4 Å². The Hall–Kier alpha value is -3.48. The maximum Gasteiger partial charge on any atom is 0.228 e. The molecule has 0 aliphatic heterocycles. The summed E-state index contributed by atoms with van der Waals surface area (Å²) in [5, 5.41) is 7.96. The Morgan fingerprint density at radius 2 is 1.96 bits per heavy atom. The fourth-order valence-electron chi connectivity index (χ4n) is 5.67. The topological polar surface area (TPSA) is 172 Å². The molecule has 45 heavy (non-hydrogen) atoms. The van der Waals surface area contributed by atoms with Crippen molar-refractivity contribution < 1.29 is 14.3 Å². The highest BCUT2D eigenvalue weighted by Gasteiger charge is 2.37. The number of fused-ring (bicyclic) bond motifs is 1. The van der Waals surface area contributed by atoms with Crippen LogP contribution in [0.2, 0.25) is 0 Å². The number of rotatable bonds is 17. The summed E-state index contributed by atoms with van der Waals surface area (Å²) in [6, 6.07) is 6.38. The Labute approximate surface area is 267 Å². The molecule has 12 nitrogen and oxygen atoms in total. The van der Waals surface area contributed by atoms with Crippen LogP contribution in [0, 0.1) is 5.41 Å². The highest BCUT2D eigenvalue weighted by atomic mass is 16.5. The lowest BCUT2D eigenvalue weighted by molar-refractivity contribution is -0.147. The van der Waals surface area contributed by atoms with Crippen LogP contribution in [-0.4, -0.2) is 68.6 Å². The lowest BCUT2D eigenvalue weighted by atomic mass is 9.84. The summed E-state index contributed by atoms with van der Waals surface area (Å²) in [5.41, 5.74) is 20.3. The van der Waals surface area contributed by atoms with Crippen molar-refractivity contribution >= 4 is 28.7 Å². The standard InChI is InChI=1S/C33H53N9O3/c1-7-9-27(35)38-29-28-25(37-31(36)39-29)21-41(40-28)20-23-13-12-22(18-26(23)44-6)19-42(24-10-8-11-24)30(43)32(2,3)15-17-45-33(4,5)14-16-34/h12-13,18,21,24,27H,7-11,14-17,19-20,34-35H2,1-6H3,(H3,36,37,38,39). The Morgan fingerprint density at radius 3 is 2.60 bits per heavy atom. The fourth-order valence-corrected chi connectivity index (χ4v) is 5.67. The molecule has 4 rings (SSSR count). The Bertz CT molecular complexity index is 1430. The van der Waals surface area contributed by atoms with Gasteiger partial charge >= 0.3 is 0 Å². The monoisotopic (exact) mass is 623 g/mol. The number of hydrogen-bond donors (Lipinski definition) is 4. The molecule has 1 aromatic carbocycles. The maximum atomic E-state index is 14.0.